The van der Waals surface area contributed by atoms with Crippen molar-refractivity contribution in [1.29, 1.82) is 0 Å². The van der Waals surface area contributed by atoms with Crippen LogP contribution in [0.3, 0.4) is 0 Å². The van der Waals surface area contributed by atoms with Gasteiger partial charge in [0.15, 0.2) is 0 Å². The summed E-state index contributed by atoms with van der Waals surface area (Å²) in [7, 11) is 0. The average molecular weight is 304 g/mol. The van der Waals surface area contributed by atoms with E-state index in [4.69, 9.17) is 16.3 Å². The van der Waals surface area contributed by atoms with Gasteiger partial charge in [0, 0.05) is 11.8 Å². The second-order valence-corrected chi connectivity index (χ2v) is 5.08. The van der Waals surface area contributed by atoms with Crippen molar-refractivity contribution in [1.82, 2.24) is 0 Å². The van der Waals surface area contributed by atoms with Gasteiger partial charge < -0.3 is 10.1 Å². The second kappa shape index (κ2) is 7.70. The Hall–Kier alpha value is -2.00. The molecule has 2 rings (SSSR count). The third kappa shape index (κ3) is 4.50. The molecule has 1 unspecified atom stereocenters. The normalized spacial score (nSPS) is 11.7. The van der Waals surface area contributed by atoms with Gasteiger partial charge in [-0.05, 0) is 24.1 Å². The van der Waals surface area contributed by atoms with Crippen molar-refractivity contribution in [2.45, 2.75) is 18.7 Å². The van der Waals surface area contributed by atoms with Gasteiger partial charge in [0.1, 0.15) is 11.1 Å². The van der Waals surface area contributed by atoms with Gasteiger partial charge in [-0.1, -0.05) is 43.3 Å². The third-order valence-electron chi connectivity index (χ3n) is 2.90. The predicted octanol–water partition coefficient (Wildman–Crippen LogP) is 4.39. The Kier molecular flexibility index (Phi) is 5.64. The molecule has 110 valence electrons. The third-order valence-corrected chi connectivity index (χ3v) is 3.35. The lowest BCUT2D eigenvalue weighted by Crippen LogP contribution is -2.17. The highest BCUT2D eigenvalue weighted by atomic mass is 35.5. The van der Waals surface area contributed by atoms with Gasteiger partial charge in [-0.3, -0.25) is 4.79 Å². The summed E-state index contributed by atoms with van der Waals surface area (Å²) >= 11 is 6.19. The number of hydrogen-bond donors (Lipinski definition) is 1. The van der Waals surface area contributed by atoms with Crippen molar-refractivity contribution in [3.05, 3.63) is 60.2 Å². The molecular weight excluding hydrogens is 286 g/mol. The van der Waals surface area contributed by atoms with E-state index in [0.29, 0.717) is 12.3 Å². The zero-order chi connectivity index (χ0) is 15.1. The summed E-state index contributed by atoms with van der Waals surface area (Å²) in [6, 6.07) is 16.6. The van der Waals surface area contributed by atoms with Gasteiger partial charge in [0.25, 0.3) is 0 Å². The summed E-state index contributed by atoms with van der Waals surface area (Å²) in [6.07, 6.45) is 0.939. The van der Waals surface area contributed by atoms with Crippen LogP contribution in [0.4, 0.5) is 5.69 Å². The Bertz CT molecular complexity index is 586. The molecule has 21 heavy (non-hydrogen) atoms. The number of amides is 1. The van der Waals surface area contributed by atoms with Gasteiger partial charge in [0.2, 0.25) is 5.91 Å². The van der Waals surface area contributed by atoms with Crippen LogP contribution in [0.25, 0.3) is 0 Å². The number of halogens is 1. The monoisotopic (exact) mass is 303 g/mol. The zero-order valence-corrected chi connectivity index (χ0v) is 12.6. The van der Waals surface area contributed by atoms with Gasteiger partial charge in [-0.2, -0.15) is 0 Å². The Balaban J connectivity index is 2.02. The summed E-state index contributed by atoms with van der Waals surface area (Å²) < 4.78 is 5.54. The lowest BCUT2D eigenvalue weighted by molar-refractivity contribution is -0.116. The molecular formula is C17H18ClNO2. The standard InChI is InChI=1S/C17H18ClNO2/c1-2-11-21-15-10-6-9-14(12-15)19-17(20)16(18)13-7-4-3-5-8-13/h3-10,12,16H,2,11H2,1H3,(H,19,20). The first-order valence-electron chi connectivity index (χ1n) is 6.93. The van der Waals surface area contributed by atoms with E-state index in [1.54, 1.807) is 6.07 Å². The molecule has 0 saturated heterocycles. The number of nitrogens with one attached hydrogen (secondary N) is 1. The quantitative estimate of drug-likeness (QED) is 0.804. The average Bonchev–Trinajstić information content (AvgIpc) is 2.53. The number of benzene rings is 2. The minimum absolute atomic E-state index is 0.254. The fourth-order valence-corrected chi connectivity index (χ4v) is 2.06. The van der Waals surface area contributed by atoms with Crippen molar-refractivity contribution in [3.8, 4) is 5.75 Å². The minimum atomic E-state index is -0.716. The fraction of sp³-hybridized carbons (Fsp3) is 0.235. The Morgan fingerprint density at radius 2 is 1.95 bits per heavy atom. The molecule has 2 aromatic rings. The number of ether oxygens (including phenoxy) is 1. The van der Waals surface area contributed by atoms with Gasteiger partial charge in [-0.15, -0.1) is 11.6 Å². The molecule has 0 aliphatic heterocycles. The molecule has 3 nitrogen and oxygen atoms in total. The molecule has 0 spiro atoms. The molecule has 0 aliphatic rings. The number of carbonyl (C=O) groups excluding carboxylic acids is 1. The maximum Gasteiger partial charge on any atom is 0.246 e. The van der Waals surface area contributed by atoms with E-state index in [0.717, 1.165) is 17.7 Å². The van der Waals surface area contributed by atoms with Crippen molar-refractivity contribution < 1.29 is 9.53 Å². The summed E-state index contributed by atoms with van der Waals surface area (Å²) in [5.41, 5.74) is 1.45. The Morgan fingerprint density at radius 1 is 1.19 bits per heavy atom. The van der Waals surface area contributed by atoms with E-state index in [1.807, 2.05) is 55.5 Å². The first-order valence-corrected chi connectivity index (χ1v) is 7.37. The Labute approximate surface area is 129 Å². The molecule has 0 fully saturated rings. The lowest BCUT2D eigenvalue weighted by atomic mass is 10.1. The molecule has 1 atom stereocenters. The highest BCUT2D eigenvalue weighted by Gasteiger charge is 2.17. The van der Waals surface area contributed by atoms with Crippen LogP contribution in [0.1, 0.15) is 24.3 Å². The van der Waals surface area contributed by atoms with Gasteiger partial charge in [-0.25, -0.2) is 0 Å². The first kappa shape index (κ1) is 15.4. The van der Waals surface area contributed by atoms with Crippen molar-refractivity contribution in [3.63, 3.8) is 0 Å². The van der Waals surface area contributed by atoms with Gasteiger partial charge in [0.05, 0.1) is 6.61 Å². The van der Waals surface area contributed by atoms with Gasteiger partial charge >= 0.3 is 0 Å². The second-order valence-electron chi connectivity index (χ2n) is 4.64. The summed E-state index contributed by atoms with van der Waals surface area (Å²) in [4.78, 5) is 12.2. The molecule has 1 N–H and O–H groups in total. The molecule has 0 aromatic heterocycles. The van der Waals surface area contributed by atoms with Crippen LogP contribution in [0.5, 0.6) is 5.75 Å². The number of rotatable bonds is 6. The number of hydrogen-bond acceptors (Lipinski definition) is 2. The van der Waals surface area contributed by atoms with Crippen LogP contribution < -0.4 is 10.1 Å². The zero-order valence-electron chi connectivity index (χ0n) is 11.9. The number of alkyl halides is 1. The largest absolute Gasteiger partial charge is 0.494 e. The maximum absolute atomic E-state index is 12.2. The van der Waals surface area contributed by atoms with Crippen LogP contribution in [0.15, 0.2) is 54.6 Å². The number of carbonyl (C=O) groups is 1. The van der Waals surface area contributed by atoms with E-state index < -0.39 is 5.38 Å². The SMILES string of the molecule is CCCOc1cccc(NC(=O)C(Cl)c2ccccc2)c1. The van der Waals surface area contributed by atoms with E-state index >= 15 is 0 Å². The smallest absolute Gasteiger partial charge is 0.246 e. The minimum Gasteiger partial charge on any atom is -0.494 e. The van der Waals surface area contributed by atoms with E-state index in [1.165, 1.54) is 0 Å². The van der Waals surface area contributed by atoms with Crippen LogP contribution in [0.2, 0.25) is 0 Å². The molecule has 0 saturated carbocycles. The summed E-state index contributed by atoms with van der Waals surface area (Å²) in [5, 5.41) is 2.09. The topological polar surface area (TPSA) is 38.3 Å². The summed E-state index contributed by atoms with van der Waals surface area (Å²) in [6.45, 7) is 2.70. The van der Waals surface area contributed by atoms with E-state index in [2.05, 4.69) is 5.32 Å². The molecule has 0 heterocycles. The first-order chi connectivity index (χ1) is 10.2. The molecule has 2 aromatic carbocycles. The Morgan fingerprint density at radius 3 is 2.67 bits per heavy atom. The highest BCUT2D eigenvalue weighted by molar-refractivity contribution is 6.32. The number of anilines is 1. The molecule has 4 heteroatoms. The van der Waals surface area contributed by atoms with E-state index in [-0.39, 0.29) is 5.91 Å². The molecule has 1 amide bonds. The van der Waals surface area contributed by atoms with Crippen LogP contribution in [-0.2, 0) is 4.79 Å². The van der Waals surface area contributed by atoms with Crippen molar-refractivity contribution in [2.24, 2.45) is 0 Å². The van der Waals surface area contributed by atoms with E-state index in [9.17, 15) is 4.79 Å². The van der Waals surface area contributed by atoms with Crippen LogP contribution in [-0.4, -0.2) is 12.5 Å². The van der Waals surface area contributed by atoms with Crippen LogP contribution >= 0.6 is 11.6 Å². The predicted molar refractivity (Wildman–Crippen MR) is 85.9 cm³/mol. The van der Waals surface area contributed by atoms with Crippen molar-refractivity contribution in [2.75, 3.05) is 11.9 Å². The lowest BCUT2D eigenvalue weighted by Gasteiger charge is -2.12. The van der Waals surface area contributed by atoms with Crippen molar-refractivity contribution >= 4 is 23.2 Å². The summed E-state index contributed by atoms with van der Waals surface area (Å²) in [5.74, 6) is 0.482. The highest BCUT2D eigenvalue weighted by Crippen LogP contribution is 2.23. The van der Waals surface area contributed by atoms with Crippen LogP contribution in [0, 0.1) is 0 Å². The maximum atomic E-state index is 12.2. The molecule has 0 radical (unpaired) electrons. The molecule has 0 aliphatic carbocycles. The fourth-order valence-electron chi connectivity index (χ4n) is 1.86. The molecule has 0 bridgehead atoms.